The summed E-state index contributed by atoms with van der Waals surface area (Å²) in [6, 6.07) is 10.3. The first-order valence-electron chi connectivity index (χ1n) is 7.25. The van der Waals surface area contributed by atoms with Gasteiger partial charge >= 0.3 is 6.36 Å². The van der Waals surface area contributed by atoms with E-state index < -0.39 is 6.36 Å². The van der Waals surface area contributed by atoms with Crippen LogP contribution in [0.3, 0.4) is 0 Å². The van der Waals surface area contributed by atoms with E-state index in [0.717, 1.165) is 5.69 Å². The number of rotatable bonds is 5. The Balaban J connectivity index is 1.97. The molecule has 0 heterocycles. The normalized spacial score (nSPS) is 11.1. The van der Waals surface area contributed by atoms with Crippen LogP contribution in [0, 0.1) is 0 Å². The van der Waals surface area contributed by atoms with Crippen molar-refractivity contribution in [3.05, 3.63) is 53.1 Å². The van der Waals surface area contributed by atoms with Gasteiger partial charge in [-0.3, -0.25) is 4.79 Å². The lowest BCUT2D eigenvalue weighted by molar-refractivity contribution is -0.274. The molecule has 0 aromatic heterocycles. The van der Waals surface area contributed by atoms with E-state index in [1.54, 1.807) is 18.2 Å². The van der Waals surface area contributed by atoms with E-state index >= 15 is 0 Å². The van der Waals surface area contributed by atoms with Crippen LogP contribution in [-0.2, 0) is 11.2 Å². The van der Waals surface area contributed by atoms with Crippen molar-refractivity contribution in [1.29, 1.82) is 0 Å². The van der Waals surface area contributed by atoms with Crippen LogP contribution in [0.15, 0.2) is 42.5 Å². The van der Waals surface area contributed by atoms with Crippen LogP contribution in [-0.4, -0.2) is 26.4 Å². The Labute approximate surface area is 148 Å². The van der Waals surface area contributed by atoms with Crippen LogP contribution in [0.4, 0.5) is 24.5 Å². The molecule has 0 radical (unpaired) electrons. The highest BCUT2D eigenvalue weighted by molar-refractivity contribution is 6.33. The molecule has 0 saturated carbocycles. The van der Waals surface area contributed by atoms with Gasteiger partial charge in [-0.05, 0) is 35.9 Å². The van der Waals surface area contributed by atoms with Crippen molar-refractivity contribution in [1.82, 2.24) is 0 Å². The first-order valence-corrected chi connectivity index (χ1v) is 7.63. The fraction of sp³-hybridized carbons (Fsp3) is 0.235. The molecule has 2 aromatic carbocycles. The third-order valence-corrected chi connectivity index (χ3v) is 3.54. The number of hydrogen-bond acceptors (Lipinski definition) is 3. The van der Waals surface area contributed by atoms with E-state index in [2.05, 4.69) is 10.1 Å². The molecule has 0 saturated heterocycles. The summed E-state index contributed by atoms with van der Waals surface area (Å²) in [5, 5.41) is 3.19. The summed E-state index contributed by atoms with van der Waals surface area (Å²) in [5.41, 5.74) is 1.92. The van der Waals surface area contributed by atoms with Crippen molar-refractivity contribution < 1.29 is 22.7 Å². The minimum atomic E-state index is -4.74. The molecule has 134 valence electrons. The smallest absolute Gasteiger partial charge is 0.406 e. The van der Waals surface area contributed by atoms with Gasteiger partial charge in [-0.1, -0.05) is 23.7 Å². The summed E-state index contributed by atoms with van der Waals surface area (Å²) >= 11 is 6.14. The number of nitrogens with one attached hydrogen (secondary N) is 1. The van der Waals surface area contributed by atoms with Crippen molar-refractivity contribution in [2.75, 3.05) is 24.3 Å². The SMILES string of the molecule is CN(C)c1ccc(NC(=O)Cc2ccc(OC(F)(F)F)cc2)cc1Cl. The van der Waals surface area contributed by atoms with Gasteiger partial charge in [0.2, 0.25) is 5.91 Å². The number of benzene rings is 2. The van der Waals surface area contributed by atoms with Crippen LogP contribution in [0.1, 0.15) is 5.56 Å². The summed E-state index contributed by atoms with van der Waals surface area (Å²) in [5.74, 6) is -0.638. The predicted molar refractivity (Wildman–Crippen MR) is 91.2 cm³/mol. The Kier molecular flexibility index (Phi) is 5.79. The maximum atomic E-state index is 12.1. The molecule has 0 unspecified atom stereocenters. The Morgan fingerprint density at radius 2 is 1.80 bits per heavy atom. The monoisotopic (exact) mass is 372 g/mol. The maximum Gasteiger partial charge on any atom is 0.573 e. The van der Waals surface area contributed by atoms with E-state index in [1.165, 1.54) is 24.3 Å². The highest BCUT2D eigenvalue weighted by Gasteiger charge is 2.30. The molecule has 2 aromatic rings. The Morgan fingerprint density at radius 3 is 2.32 bits per heavy atom. The standard InChI is InChI=1S/C17H16ClF3N2O2/c1-23(2)15-8-5-12(10-14(15)18)22-16(24)9-11-3-6-13(7-4-11)25-17(19,20)21/h3-8,10H,9H2,1-2H3,(H,22,24). The zero-order valence-corrected chi connectivity index (χ0v) is 14.3. The average molecular weight is 373 g/mol. The largest absolute Gasteiger partial charge is 0.573 e. The molecule has 8 heteroatoms. The Bertz CT molecular complexity index is 747. The van der Waals surface area contributed by atoms with Gasteiger partial charge in [-0.2, -0.15) is 0 Å². The molecule has 1 N–H and O–H groups in total. The lowest BCUT2D eigenvalue weighted by Crippen LogP contribution is -2.17. The minimum absolute atomic E-state index is 0.0132. The van der Waals surface area contributed by atoms with Gasteiger partial charge < -0.3 is 15.0 Å². The average Bonchev–Trinajstić information content (AvgIpc) is 2.47. The summed E-state index contributed by atoms with van der Waals surface area (Å²) in [6.07, 6.45) is -4.73. The molecule has 0 fully saturated rings. The zero-order chi connectivity index (χ0) is 18.6. The second-order valence-corrected chi connectivity index (χ2v) is 5.88. The quantitative estimate of drug-likeness (QED) is 0.841. The summed E-state index contributed by atoms with van der Waals surface area (Å²) in [6.45, 7) is 0. The molecule has 0 bridgehead atoms. The molecule has 1 amide bonds. The van der Waals surface area contributed by atoms with Crippen molar-refractivity contribution in [2.24, 2.45) is 0 Å². The van der Waals surface area contributed by atoms with Gasteiger partial charge in [0.1, 0.15) is 5.75 Å². The topological polar surface area (TPSA) is 41.6 Å². The molecule has 2 rings (SSSR count). The molecule has 4 nitrogen and oxygen atoms in total. The number of carbonyl (C=O) groups excluding carboxylic acids is 1. The summed E-state index contributed by atoms with van der Waals surface area (Å²) in [7, 11) is 3.71. The molecule has 0 aliphatic heterocycles. The lowest BCUT2D eigenvalue weighted by Gasteiger charge is -2.15. The van der Waals surface area contributed by atoms with E-state index in [4.69, 9.17) is 11.6 Å². The van der Waals surface area contributed by atoms with Crippen molar-refractivity contribution in [3.63, 3.8) is 0 Å². The molecular formula is C17H16ClF3N2O2. The molecule has 25 heavy (non-hydrogen) atoms. The third kappa shape index (κ3) is 5.86. The van der Waals surface area contributed by atoms with Gasteiger partial charge in [0.05, 0.1) is 17.1 Å². The molecule has 0 atom stereocenters. The highest BCUT2D eigenvalue weighted by Crippen LogP contribution is 2.27. The Morgan fingerprint density at radius 1 is 1.16 bits per heavy atom. The van der Waals surface area contributed by atoms with E-state index in [9.17, 15) is 18.0 Å². The number of alkyl halides is 3. The second-order valence-electron chi connectivity index (χ2n) is 5.48. The van der Waals surface area contributed by atoms with Crippen molar-refractivity contribution >= 4 is 28.9 Å². The minimum Gasteiger partial charge on any atom is -0.406 e. The van der Waals surface area contributed by atoms with Crippen LogP contribution in [0.25, 0.3) is 0 Å². The molecule has 0 aliphatic rings. The van der Waals surface area contributed by atoms with Crippen LogP contribution < -0.4 is 15.0 Å². The second kappa shape index (κ2) is 7.65. The van der Waals surface area contributed by atoms with E-state index in [1.807, 2.05) is 19.0 Å². The van der Waals surface area contributed by atoms with Gasteiger partial charge in [0, 0.05) is 19.8 Å². The maximum absolute atomic E-state index is 12.1. The third-order valence-electron chi connectivity index (χ3n) is 3.23. The van der Waals surface area contributed by atoms with Crippen LogP contribution in [0.2, 0.25) is 5.02 Å². The van der Waals surface area contributed by atoms with Gasteiger partial charge in [-0.15, -0.1) is 13.2 Å². The number of hydrogen-bond donors (Lipinski definition) is 1. The first kappa shape index (κ1) is 18.9. The van der Waals surface area contributed by atoms with E-state index in [-0.39, 0.29) is 18.1 Å². The van der Waals surface area contributed by atoms with Gasteiger partial charge in [0.15, 0.2) is 0 Å². The molecule has 0 spiro atoms. The number of ether oxygens (including phenoxy) is 1. The van der Waals surface area contributed by atoms with Crippen LogP contribution in [0.5, 0.6) is 5.75 Å². The van der Waals surface area contributed by atoms with Gasteiger partial charge in [0.25, 0.3) is 0 Å². The van der Waals surface area contributed by atoms with Gasteiger partial charge in [-0.25, -0.2) is 0 Å². The zero-order valence-electron chi connectivity index (χ0n) is 13.5. The Hall–Kier alpha value is -2.41. The number of nitrogens with zero attached hydrogens (tertiary/aromatic N) is 1. The summed E-state index contributed by atoms with van der Waals surface area (Å²) in [4.78, 5) is 13.9. The highest BCUT2D eigenvalue weighted by atomic mass is 35.5. The number of amides is 1. The molecular weight excluding hydrogens is 357 g/mol. The fourth-order valence-corrected chi connectivity index (χ4v) is 2.50. The fourth-order valence-electron chi connectivity index (χ4n) is 2.15. The van der Waals surface area contributed by atoms with Crippen LogP contribution >= 0.6 is 11.6 Å². The first-order chi connectivity index (χ1) is 11.6. The van der Waals surface area contributed by atoms with E-state index in [0.29, 0.717) is 16.3 Å². The number of anilines is 2. The molecule has 0 aliphatic carbocycles. The number of halogens is 4. The predicted octanol–water partition coefficient (Wildman–Crippen LogP) is 4.49. The lowest BCUT2D eigenvalue weighted by atomic mass is 10.1. The van der Waals surface area contributed by atoms with Crippen molar-refractivity contribution in [2.45, 2.75) is 12.8 Å². The summed E-state index contributed by atoms with van der Waals surface area (Å²) < 4.78 is 40.1. The van der Waals surface area contributed by atoms with Crippen molar-refractivity contribution in [3.8, 4) is 5.75 Å². The number of carbonyl (C=O) groups is 1.